The van der Waals surface area contributed by atoms with Crippen LogP contribution in [0, 0.1) is 10.2 Å². The molecule has 10 heterocycles. The summed E-state index contributed by atoms with van der Waals surface area (Å²) in [6, 6.07) is 0. The van der Waals surface area contributed by atoms with Gasteiger partial charge in [0, 0.05) is 82.1 Å². The molecule has 18 N–H and O–H groups in total. The number of Topliss-reactive ketones (excluding diaryl/α,β-unsaturated/α-hetero) is 2. The number of carbonyl (C=O) groups excluding carboxylic acids is 5. The Morgan fingerprint density at radius 1 is 0.410 bits per heavy atom. The van der Waals surface area contributed by atoms with Crippen molar-refractivity contribution in [2.24, 2.45) is 5.41 Å². The summed E-state index contributed by atoms with van der Waals surface area (Å²) >= 11 is 5.17. The maximum atomic E-state index is 13.2. The molecule has 44 nitrogen and oxygen atoms in total. The average Bonchev–Trinajstić information content (AvgIpc) is 1.64. The van der Waals surface area contributed by atoms with Gasteiger partial charge in [0.15, 0.2) is 41.7 Å². The fraction of sp³-hybridized carbons (Fsp3) is 0.659. The van der Waals surface area contributed by atoms with E-state index < -0.39 is 268 Å². The molecule has 5 aromatic rings. The Labute approximate surface area is 830 Å². The molecule has 20 atom stereocenters. The van der Waals surface area contributed by atoms with Gasteiger partial charge in [0.25, 0.3) is 27.8 Å². The van der Waals surface area contributed by atoms with E-state index in [0.717, 1.165) is 56.2 Å². The number of nitrogens with one attached hydrogen (secondary N) is 8. The molecule has 10 rings (SSSR count). The number of rotatable bonds is 35. The zero-order chi connectivity index (χ0) is 110. The maximum absolute atomic E-state index is 13.2. The predicted octanol–water partition coefficient (Wildman–Crippen LogP) is -0.904. The number of alkyl halides is 6. The van der Waals surface area contributed by atoms with Crippen LogP contribution in [0.25, 0.3) is 0 Å². The van der Waals surface area contributed by atoms with E-state index in [9.17, 15) is 145 Å². The average molecular weight is 2170 g/mol. The summed E-state index contributed by atoms with van der Waals surface area (Å²) in [5.74, 6) is -5.49. The number of aromatic amines is 5. The third-order valence-corrected chi connectivity index (χ3v) is 30.6. The third-order valence-electron chi connectivity index (χ3n) is 22.9. The second-order valence-electron chi connectivity index (χ2n) is 40.9. The summed E-state index contributed by atoms with van der Waals surface area (Å²) in [6.45, 7) is 19.3. The van der Waals surface area contributed by atoms with Crippen molar-refractivity contribution in [1.82, 2.24) is 73.5 Å². The van der Waals surface area contributed by atoms with Crippen LogP contribution < -0.4 is 66.5 Å². The highest BCUT2D eigenvalue weighted by Crippen LogP contribution is 2.45. The quantitative estimate of drug-likeness (QED) is 0.0133. The molecule has 56 heteroatoms. The monoisotopic (exact) mass is 2170 g/mol. The lowest BCUT2D eigenvalue weighted by molar-refractivity contribution is -0.186. The van der Waals surface area contributed by atoms with Crippen LogP contribution in [0.5, 0.6) is 0 Å². The van der Waals surface area contributed by atoms with Crippen molar-refractivity contribution in [2.45, 2.75) is 241 Å². The highest BCUT2D eigenvalue weighted by Gasteiger charge is 2.51. The number of halogens is 6. The lowest BCUT2D eigenvalue weighted by atomic mass is 9.90. The van der Waals surface area contributed by atoms with Crippen molar-refractivity contribution in [3.05, 3.63) is 157 Å². The first-order valence-corrected chi connectivity index (χ1v) is 61.1. The Morgan fingerprint density at radius 2 is 0.674 bits per heavy atom. The second-order valence-corrected chi connectivity index (χ2v) is 62.9. The minimum atomic E-state index is -5.31. The van der Waals surface area contributed by atoms with Crippen LogP contribution >= 0.6 is 46.6 Å². The molecular weight excluding hydrogens is 2030 g/mol. The van der Waals surface area contributed by atoms with Crippen LogP contribution in [-0.2, 0) is 80.4 Å². The maximum Gasteiger partial charge on any atom is 0.471 e. The van der Waals surface area contributed by atoms with Gasteiger partial charge in [-0.25, -0.2) is 19.2 Å². The van der Waals surface area contributed by atoms with E-state index >= 15 is 0 Å². The van der Waals surface area contributed by atoms with E-state index in [1.807, 2.05) is 36.6 Å². The number of hydrogen-bond acceptors (Lipinski definition) is 32. The van der Waals surface area contributed by atoms with Crippen molar-refractivity contribution < 1.29 is 125 Å². The molecule has 144 heavy (non-hydrogen) atoms. The molecule has 0 bridgehead atoms. The van der Waals surface area contributed by atoms with Crippen molar-refractivity contribution in [1.29, 1.82) is 0 Å². The van der Waals surface area contributed by atoms with Crippen molar-refractivity contribution >= 4 is 107 Å². The Morgan fingerprint density at radius 3 is 0.951 bits per heavy atom. The Kier molecular flexibility index (Phi) is 44.5. The summed E-state index contributed by atoms with van der Waals surface area (Å²) in [6.07, 6.45) is -0.111. The van der Waals surface area contributed by atoms with Crippen LogP contribution in [0.2, 0.25) is 0 Å². The fourth-order valence-corrected chi connectivity index (χ4v) is 20.3. The number of aromatic nitrogens is 10. The number of carbonyl (C=O) groups is 5. The molecule has 0 radical (unpaired) electrons. The van der Waals surface area contributed by atoms with E-state index in [1.165, 1.54) is 37.0 Å². The van der Waals surface area contributed by atoms with E-state index in [2.05, 4.69) is 102 Å². The highest BCUT2D eigenvalue weighted by molar-refractivity contribution is 7.73. The fourth-order valence-electron chi connectivity index (χ4n) is 15.3. The van der Waals surface area contributed by atoms with Gasteiger partial charge >= 0.3 is 46.9 Å². The van der Waals surface area contributed by atoms with Crippen LogP contribution in [0.3, 0.4) is 0 Å². The van der Waals surface area contributed by atoms with E-state index in [1.54, 1.807) is 27.8 Å². The smallest absolute Gasteiger partial charge is 0.388 e. The molecule has 5 saturated heterocycles. The lowest BCUT2D eigenvalue weighted by Crippen LogP contribution is -2.45. The first-order chi connectivity index (χ1) is 65.9. The number of H-pyrrole nitrogens is 5. The van der Waals surface area contributed by atoms with Gasteiger partial charge in [0.05, 0.1) is 73.4 Å². The van der Waals surface area contributed by atoms with Gasteiger partial charge in [0.1, 0.15) is 66.8 Å². The Hall–Kier alpha value is -8.03. The summed E-state index contributed by atoms with van der Waals surface area (Å²) in [5, 5.41) is 112. The van der Waals surface area contributed by atoms with Crippen LogP contribution in [0.15, 0.2) is 74.1 Å². The molecule has 0 aliphatic carbocycles. The molecule has 0 aromatic carbocycles. The van der Waals surface area contributed by atoms with Gasteiger partial charge < -0.3 is 100 Å². The number of aliphatic hydroxyl groups excluding tert-OH is 10. The molecule has 5 aliphatic heterocycles. The van der Waals surface area contributed by atoms with Gasteiger partial charge in [-0.15, -0.1) is 65.9 Å². The first-order valence-electron chi connectivity index (χ1n) is 45.4. The predicted molar refractivity (Wildman–Crippen MR) is 543 cm³/mol. The minimum Gasteiger partial charge on any atom is -0.388 e. The van der Waals surface area contributed by atoms with E-state index in [4.69, 9.17) is 35.9 Å². The van der Waals surface area contributed by atoms with Gasteiger partial charge in [0.2, 0.25) is 5.91 Å². The highest BCUT2D eigenvalue weighted by atomic mass is 32.1. The summed E-state index contributed by atoms with van der Waals surface area (Å²) in [5.41, 5.74) is -7.46. The summed E-state index contributed by atoms with van der Waals surface area (Å²) in [7, 11) is 2.54. The zero-order valence-electron chi connectivity index (χ0n) is 83.5. The number of amides is 3. The molecule has 3 amide bonds. The number of nitrogens with zero attached hydrogens (tertiary/aromatic N) is 7. The molecule has 5 aromatic heterocycles. The van der Waals surface area contributed by atoms with Crippen molar-refractivity contribution in [2.75, 3.05) is 125 Å². The molecule has 5 fully saturated rings. The molecule has 814 valence electrons. The topological polar surface area (TPSA) is 634 Å². The zero-order valence-corrected chi connectivity index (χ0v) is 88.8. The lowest BCUT2D eigenvalue weighted by Gasteiger charge is -2.25. The van der Waals surface area contributed by atoms with Crippen LogP contribution in [0.1, 0.15) is 132 Å². The summed E-state index contributed by atoms with van der Waals surface area (Å²) < 4.78 is 111. The summed E-state index contributed by atoms with van der Waals surface area (Å²) in [4.78, 5) is 178. The third kappa shape index (κ3) is 37.0. The Bertz CT molecular complexity index is 6240. The van der Waals surface area contributed by atoms with Crippen molar-refractivity contribution in [3.8, 4) is 0 Å². The number of hydrogen-bond donors (Lipinski definition) is 18. The largest absolute Gasteiger partial charge is 0.471 e. The number of aliphatic hydroxyl groups is 10. The second kappa shape index (κ2) is 51.5. The van der Waals surface area contributed by atoms with Gasteiger partial charge in [-0.3, -0.25) is 95.7 Å². The normalized spacial score (nSPS) is 25.1. The standard InChI is InChI=1S/C23H35F3N3O7P.C17H25F3N3O6P.C17H28N3O6P.C16H26N3O5PS.C15H26N3O5P/c1-22(2,3)9-14(30)12-28(20(34)23(24,25)26)10-13-11-29(21(35)27-18(13)33)19-17(32)16(31)15(36-19)7-8-37(4,5)6;1-22(15(27)17(18,19)20)7-9-8-23(16(28)21-13(9)26)14-12(25)11(24)10(29-14)5-6-30(2,3)4;1-10(21)7-18-8-11-9-20(17(25)19-15(11)24)16-14(23)13(22)12(26-16)5-6-27(2,3)4;1-9(20)17-7-10-8-19(16(26)18-14(10)23)15-13(22)12(21)11(24-15)5-6-25(2,3)4;1-16-7-9-8-18(15(22)17-13(9)21)14-12(20)11(19)10(23-14)5-6-24(2,3)4/h11,15-17,19,31-32H,4,7-10,12H2,1-3,5-6H3,(H,27,33,35);8,10-12,14,24-25H,2,5-7H2,1,3-4H3,(H,21,26,28);9,12-14,16,18,22-23H,2,5-8H2,1,3-4H3,(H,19,24,25);8,11-13,15,21-22H,2,5-7H2,1,3-4H3,(H,17,20)(H,18,23,26);8,10-12,14,16,19-20H,2,5-7H2,1,3-4H3,(H,17,21,22)/t15-,16-,17-,19-;10-,11-,12-,14-;12-,13-,14-,16-;11-,12-,13-,15-;10-,11-,12-,14-/m11111/s1. The first kappa shape index (κ1) is 125. The molecule has 0 unspecified atom stereocenters. The van der Waals surface area contributed by atoms with Crippen LogP contribution in [0.4, 0.5) is 26.3 Å². The number of ether oxygens (including phenoxy) is 5. The molecule has 0 saturated carbocycles. The molecule has 0 spiro atoms. The molecule has 5 aliphatic rings. The van der Waals surface area contributed by atoms with Gasteiger partial charge in [-0.1, -0.05) is 20.8 Å². The van der Waals surface area contributed by atoms with E-state index in [-0.39, 0.29) is 75.6 Å². The molecular formula is C88H140F6N15O29P5S. The Balaban J connectivity index is 0.000000277. The van der Waals surface area contributed by atoms with Gasteiger partial charge in [-0.2, -0.15) is 26.3 Å². The minimum absolute atomic E-state index is 0.0231. The van der Waals surface area contributed by atoms with E-state index in [0.29, 0.717) is 50.0 Å². The van der Waals surface area contributed by atoms with Crippen LogP contribution in [-0.4, -0.2) is 398 Å². The SMILES string of the molecule is C=P(C)(C)CC[C@H]1O[C@@H](n2cc(CN(C)C(=O)C(F)(F)F)c(=O)[nH]c2=O)[C@H](O)[C@@H]1O.C=P(C)(C)CC[C@H]1O[C@@H](n2cc(CN(CC(=O)CC(C)(C)C)C(=O)C(F)(F)F)c(=O)[nH]c2=O)[C@H](O)[C@@H]1O.C=P(C)(C)CC[C@H]1O[C@@H](n2cc(CNC(C)=O)c(=O)[nH]c2=S)[C@H](O)[C@@H]1O.C=P(C)(C)CC[C@H]1O[C@@H](n2cc(CNC)c(=O)[nH]c2=O)[C@H](O)[C@@H]1O.C=P(C)(C)CC[C@H]1O[C@@H](n2cc(CNCC(C)=O)c(=O)[nH]c2=O)[C@H](O)[C@@H]1O. The number of ketones is 2. The van der Waals surface area contributed by atoms with Gasteiger partial charge in [-0.05, 0) is 161 Å². The van der Waals surface area contributed by atoms with Crippen molar-refractivity contribution in [3.63, 3.8) is 0 Å².